The molecule has 0 atom stereocenters. The quantitative estimate of drug-likeness (QED) is 0.465. The highest BCUT2D eigenvalue weighted by molar-refractivity contribution is 8.40. The minimum Gasteiger partial charge on any atom is -0.136 e. The van der Waals surface area contributed by atoms with Crippen molar-refractivity contribution in [1.29, 1.82) is 0 Å². The summed E-state index contributed by atoms with van der Waals surface area (Å²) in [6, 6.07) is 4.47. The summed E-state index contributed by atoms with van der Waals surface area (Å²) in [6.45, 7) is 4.40. The smallest absolute Gasteiger partial charge is 0.0657 e. The van der Waals surface area contributed by atoms with E-state index in [1.165, 1.54) is 36.5 Å². The fourth-order valence-electron chi connectivity index (χ4n) is 1.88. The Kier molecular flexibility index (Phi) is 6.80. The van der Waals surface area contributed by atoms with Crippen molar-refractivity contribution in [2.24, 2.45) is 0 Å². The second-order valence-electron chi connectivity index (χ2n) is 4.67. The predicted molar refractivity (Wildman–Crippen MR) is 123 cm³/mol. The average Bonchev–Trinajstić information content (AvgIpc) is 3.20. The van der Waals surface area contributed by atoms with Gasteiger partial charge in [-0.05, 0) is 60.5 Å². The lowest BCUT2D eigenvalue weighted by Gasteiger charge is -1.95. The van der Waals surface area contributed by atoms with Crippen LogP contribution >= 0.6 is 81.9 Å². The molecule has 0 bridgehead atoms. The van der Waals surface area contributed by atoms with Gasteiger partial charge in [-0.25, -0.2) is 0 Å². The highest BCUT2D eigenvalue weighted by Crippen LogP contribution is 2.57. The first-order valence-corrected chi connectivity index (χ1v) is 13.4. The number of rotatable bonds is 4. The number of hydrogen-bond acceptors (Lipinski definition) is 7. The minimum atomic E-state index is 1.34. The van der Waals surface area contributed by atoms with Crippen molar-refractivity contribution in [1.82, 2.24) is 0 Å². The molecule has 122 valence electrons. The lowest BCUT2D eigenvalue weighted by Crippen LogP contribution is -1.63. The van der Waals surface area contributed by atoms with Crippen LogP contribution in [0.5, 0.6) is 0 Å². The zero-order valence-corrected chi connectivity index (χ0v) is 18.9. The zero-order valence-electron chi connectivity index (χ0n) is 13.2. The molecule has 0 spiro atoms. The van der Waals surface area contributed by atoms with E-state index in [1.807, 2.05) is 81.9 Å². The van der Waals surface area contributed by atoms with E-state index in [0.29, 0.717) is 0 Å². The number of thioether (sulfide) groups is 6. The Morgan fingerprint density at radius 1 is 0.739 bits per heavy atom. The maximum atomic E-state index is 2.32. The Morgan fingerprint density at radius 3 is 1.61 bits per heavy atom. The van der Waals surface area contributed by atoms with E-state index in [4.69, 9.17) is 0 Å². The van der Waals surface area contributed by atoms with Crippen molar-refractivity contribution >= 4 is 94.1 Å². The molecule has 0 unspecified atom stereocenters. The van der Waals surface area contributed by atoms with Gasteiger partial charge in [0.2, 0.25) is 0 Å². The third kappa shape index (κ3) is 4.68. The molecule has 0 fully saturated rings. The summed E-state index contributed by atoms with van der Waals surface area (Å²) in [4.78, 5) is 5.54. The van der Waals surface area contributed by atoms with E-state index in [2.05, 4.69) is 50.6 Å². The van der Waals surface area contributed by atoms with Crippen LogP contribution in [0.15, 0.2) is 38.9 Å². The first-order valence-electron chi connectivity index (χ1n) is 6.83. The van der Waals surface area contributed by atoms with Crippen molar-refractivity contribution in [3.8, 4) is 0 Å². The van der Waals surface area contributed by atoms with Crippen molar-refractivity contribution in [3.63, 3.8) is 0 Å². The Morgan fingerprint density at radius 2 is 1.17 bits per heavy atom. The first-order chi connectivity index (χ1) is 11.1. The van der Waals surface area contributed by atoms with Crippen LogP contribution in [0.4, 0.5) is 0 Å². The first kappa shape index (κ1) is 18.5. The summed E-state index contributed by atoms with van der Waals surface area (Å²) >= 11 is 13.2. The van der Waals surface area contributed by atoms with E-state index in [9.17, 15) is 0 Å². The summed E-state index contributed by atoms with van der Waals surface area (Å²) in [5, 5.41) is 0. The SMILES string of the molecule is CSC1=C(SC)SC(=Cc2ccc(C=C3SC(C)=C(C)S3)s2)S1. The van der Waals surface area contributed by atoms with Crippen LogP contribution in [0, 0.1) is 0 Å². The van der Waals surface area contributed by atoms with E-state index in [0.717, 1.165) is 0 Å². The van der Waals surface area contributed by atoms with Crippen molar-refractivity contribution in [2.45, 2.75) is 13.8 Å². The molecule has 0 saturated carbocycles. The molecule has 3 heterocycles. The van der Waals surface area contributed by atoms with E-state index < -0.39 is 0 Å². The highest BCUT2D eigenvalue weighted by Gasteiger charge is 2.20. The molecule has 0 aromatic carbocycles. The number of hydrogen-bond donors (Lipinski definition) is 0. The monoisotopic (exact) mass is 432 g/mol. The van der Waals surface area contributed by atoms with Gasteiger partial charge in [0.1, 0.15) is 0 Å². The molecule has 7 heteroatoms. The second kappa shape index (κ2) is 8.43. The predicted octanol–water partition coefficient (Wildman–Crippen LogP) is 8.41. The highest BCUT2D eigenvalue weighted by atomic mass is 32.3. The van der Waals surface area contributed by atoms with Gasteiger partial charge >= 0.3 is 0 Å². The summed E-state index contributed by atoms with van der Waals surface area (Å²) in [5.41, 5.74) is 0. The maximum absolute atomic E-state index is 2.32. The lowest BCUT2D eigenvalue weighted by atomic mass is 10.4. The molecule has 1 aromatic heterocycles. The van der Waals surface area contributed by atoms with Gasteiger partial charge in [-0.3, -0.25) is 0 Å². The van der Waals surface area contributed by atoms with Crippen LogP contribution in [0.1, 0.15) is 23.6 Å². The lowest BCUT2D eigenvalue weighted by molar-refractivity contribution is 1.57. The van der Waals surface area contributed by atoms with Gasteiger partial charge in [0.05, 0.1) is 16.9 Å². The maximum Gasteiger partial charge on any atom is 0.0657 e. The molecule has 2 aliphatic rings. The summed E-state index contributed by atoms with van der Waals surface area (Å²) in [6.07, 6.45) is 8.96. The van der Waals surface area contributed by atoms with Gasteiger partial charge in [0, 0.05) is 9.75 Å². The molecule has 0 saturated heterocycles. The Bertz CT molecular complexity index is 699. The van der Waals surface area contributed by atoms with Crippen molar-refractivity contribution < 1.29 is 0 Å². The number of allylic oxidation sites excluding steroid dienone is 2. The average molecular weight is 433 g/mol. The molecule has 3 rings (SSSR count). The second-order valence-corrected chi connectivity index (χ2v) is 13.1. The van der Waals surface area contributed by atoms with Crippen molar-refractivity contribution in [2.75, 3.05) is 12.5 Å². The zero-order chi connectivity index (χ0) is 16.4. The summed E-state index contributed by atoms with van der Waals surface area (Å²) in [5.74, 6) is 0. The van der Waals surface area contributed by atoms with Gasteiger partial charge in [0.15, 0.2) is 0 Å². The molecule has 0 N–H and O–H groups in total. The van der Waals surface area contributed by atoms with Crippen LogP contribution in [-0.2, 0) is 0 Å². The van der Waals surface area contributed by atoms with Gasteiger partial charge in [-0.1, -0.05) is 47.0 Å². The largest absolute Gasteiger partial charge is 0.136 e. The van der Waals surface area contributed by atoms with Crippen LogP contribution in [0.3, 0.4) is 0 Å². The van der Waals surface area contributed by atoms with Crippen molar-refractivity contribution in [3.05, 3.63) is 48.6 Å². The van der Waals surface area contributed by atoms with E-state index in [-0.39, 0.29) is 0 Å². The van der Waals surface area contributed by atoms with Crippen LogP contribution in [0.25, 0.3) is 12.2 Å². The molecule has 23 heavy (non-hydrogen) atoms. The van der Waals surface area contributed by atoms with Crippen LogP contribution in [0.2, 0.25) is 0 Å². The van der Waals surface area contributed by atoms with Gasteiger partial charge < -0.3 is 0 Å². The third-order valence-electron chi connectivity index (χ3n) is 3.09. The van der Waals surface area contributed by atoms with Gasteiger partial charge in [-0.2, -0.15) is 0 Å². The van der Waals surface area contributed by atoms with Gasteiger partial charge in [0.25, 0.3) is 0 Å². The third-order valence-corrected chi connectivity index (χ3v) is 11.7. The molecule has 2 aliphatic heterocycles. The van der Waals surface area contributed by atoms with Crippen LogP contribution in [-0.4, -0.2) is 12.5 Å². The van der Waals surface area contributed by atoms with E-state index >= 15 is 0 Å². The molecule has 0 radical (unpaired) electrons. The fourth-order valence-corrected chi connectivity index (χ4v) is 10.4. The summed E-state index contributed by atoms with van der Waals surface area (Å²) < 4.78 is 5.64. The molecular formula is C16H16S7. The standard InChI is InChI=1S/C16H16S7/c1-9-10(2)20-13(19-9)7-11-5-6-12(21-11)8-14-22-15(17-3)16(18-4)23-14/h5-8H,1-4H3. The van der Waals surface area contributed by atoms with E-state index in [1.54, 1.807) is 0 Å². The Balaban J connectivity index is 1.70. The minimum absolute atomic E-state index is 1.34. The Hall–Kier alpha value is 0.760. The molecule has 1 aromatic rings. The fraction of sp³-hybridized carbons (Fsp3) is 0.250. The Labute approximate surface area is 167 Å². The topological polar surface area (TPSA) is 0 Å². The number of thiophene rings is 1. The molecule has 0 nitrogen and oxygen atoms in total. The molecule has 0 amide bonds. The van der Waals surface area contributed by atoms with Gasteiger partial charge in [-0.15, -0.1) is 34.9 Å². The summed E-state index contributed by atoms with van der Waals surface area (Å²) in [7, 11) is 0. The normalized spacial score (nSPS) is 18.4. The van der Waals surface area contributed by atoms with Crippen LogP contribution < -0.4 is 0 Å². The molecular weight excluding hydrogens is 417 g/mol. The molecule has 0 aliphatic carbocycles.